The lowest BCUT2D eigenvalue weighted by molar-refractivity contribution is 0.410. The Morgan fingerprint density at radius 3 is 2.61 bits per heavy atom. The molecule has 0 spiro atoms. The van der Waals surface area contributed by atoms with Crippen LogP contribution in [0.4, 0.5) is 10.2 Å². The van der Waals surface area contributed by atoms with Gasteiger partial charge in [0.05, 0.1) is 23.0 Å². The Bertz CT molecular complexity index is 1930. The average Bonchev–Trinajstić information content (AvgIpc) is 3.39. The number of terminal acetylenes is 1. The number of aryl methyl sites for hydroxylation is 3. The standard InChI is InChI=1S/C27H20FN9O/c1-5-16-12-31-25-18(35-16)11-19(36(25)3)23-21(22-24(29)32-13-33-26(22)37(23)4)15-6-7-20(17(28)10-15)38-27-30-9-8-14(2)34-27/h1,6-13H,2-4H3,(H2,29,32,33). The topological polar surface area (TPSA) is 122 Å². The van der Waals surface area contributed by atoms with Crippen molar-refractivity contribution in [3.63, 3.8) is 0 Å². The molecule has 2 N–H and O–H groups in total. The van der Waals surface area contributed by atoms with Gasteiger partial charge in [0.15, 0.2) is 17.2 Å². The number of nitrogens with two attached hydrogens (primary N) is 1. The summed E-state index contributed by atoms with van der Waals surface area (Å²) < 4.78 is 24.8. The normalized spacial score (nSPS) is 11.2. The molecule has 5 aromatic heterocycles. The summed E-state index contributed by atoms with van der Waals surface area (Å²) in [4.78, 5) is 25.9. The van der Waals surface area contributed by atoms with E-state index in [-0.39, 0.29) is 17.6 Å². The van der Waals surface area contributed by atoms with E-state index >= 15 is 4.39 Å². The van der Waals surface area contributed by atoms with Crippen molar-refractivity contribution in [1.82, 2.24) is 39.0 Å². The molecule has 0 radical (unpaired) electrons. The van der Waals surface area contributed by atoms with Crippen LogP contribution in [0, 0.1) is 25.1 Å². The number of anilines is 1. The van der Waals surface area contributed by atoms with Gasteiger partial charge in [0.2, 0.25) is 0 Å². The Morgan fingerprint density at radius 1 is 1.00 bits per heavy atom. The van der Waals surface area contributed by atoms with Crippen molar-refractivity contribution in [2.45, 2.75) is 6.92 Å². The van der Waals surface area contributed by atoms with Crippen LogP contribution >= 0.6 is 0 Å². The molecular formula is C27H20FN9O. The largest absolute Gasteiger partial charge is 0.421 e. The van der Waals surface area contributed by atoms with Crippen LogP contribution in [0.1, 0.15) is 11.4 Å². The molecule has 0 bridgehead atoms. The van der Waals surface area contributed by atoms with Crippen LogP contribution in [0.15, 0.2) is 49.1 Å². The van der Waals surface area contributed by atoms with Crippen molar-refractivity contribution in [2.75, 3.05) is 5.73 Å². The molecule has 0 unspecified atom stereocenters. The van der Waals surface area contributed by atoms with E-state index in [2.05, 4.69) is 35.8 Å². The molecule has 10 nitrogen and oxygen atoms in total. The molecule has 186 valence electrons. The van der Waals surface area contributed by atoms with E-state index in [0.717, 1.165) is 11.4 Å². The van der Waals surface area contributed by atoms with Crippen molar-refractivity contribution in [3.8, 4) is 46.6 Å². The fourth-order valence-electron chi connectivity index (χ4n) is 4.56. The van der Waals surface area contributed by atoms with Crippen LogP contribution < -0.4 is 10.5 Å². The van der Waals surface area contributed by atoms with Crippen LogP contribution in [0.5, 0.6) is 11.8 Å². The van der Waals surface area contributed by atoms with Gasteiger partial charge in [-0.2, -0.15) is 0 Å². The molecule has 0 aliphatic heterocycles. The van der Waals surface area contributed by atoms with Crippen molar-refractivity contribution in [2.24, 2.45) is 14.1 Å². The minimum atomic E-state index is -0.593. The number of rotatable bonds is 4. The van der Waals surface area contributed by atoms with Crippen molar-refractivity contribution < 1.29 is 9.13 Å². The molecule has 6 rings (SSSR count). The maximum absolute atomic E-state index is 15.4. The van der Waals surface area contributed by atoms with Crippen LogP contribution in [-0.2, 0) is 14.1 Å². The number of halogens is 1. The van der Waals surface area contributed by atoms with Crippen molar-refractivity contribution >= 4 is 28.0 Å². The SMILES string of the molecule is C#Cc1cnc2c(cc(-c3c(-c4ccc(Oc5nccc(C)n5)c(F)c4)c4c(N)ncnc4n3C)n2C)n1. The zero-order chi connectivity index (χ0) is 26.6. The molecule has 38 heavy (non-hydrogen) atoms. The Morgan fingerprint density at radius 2 is 1.84 bits per heavy atom. The van der Waals surface area contributed by atoms with Gasteiger partial charge in [0, 0.05) is 31.5 Å². The zero-order valence-corrected chi connectivity index (χ0v) is 20.6. The highest BCUT2D eigenvalue weighted by Gasteiger charge is 2.25. The Labute approximate surface area is 216 Å². The summed E-state index contributed by atoms with van der Waals surface area (Å²) in [5.74, 6) is 2.18. The molecule has 0 aliphatic carbocycles. The molecule has 0 fully saturated rings. The van der Waals surface area contributed by atoms with Gasteiger partial charge in [-0.05, 0) is 42.7 Å². The number of benzene rings is 1. The summed E-state index contributed by atoms with van der Waals surface area (Å²) in [6.45, 7) is 1.80. The Balaban J connectivity index is 1.57. The molecule has 0 atom stereocenters. The number of nitrogens with zero attached hydrogens (tertiary/aromatic N) is 8. The smallest absolute Gasteiger partial charge is 0.322 e. The number of fused-ring (bicyclic) bond motifs is 2. The lowest BCUT2D eigenvalue weighted by Crippen LogP contribution is -2.00. The summed E-state index contributed by atoms with van der Waals surface area (Å²) in [6, 6.07) is 8.32. The van der Waals surface area contributed by atoms with E-state index < -0.39 is 5.82 Å². The molecule has 0 saturated heterocycles. The first-order valence-electron chi connectivity index (χ1n) is 11.5. The van der Waals surface area contributed by atoms with Crippen LogP contribution in [-0.4, -0.2) is 39.0 Å². The van der Waals surface area contributed by atoms with E-state index in [1.807, 2.05) is 29.3 Å². The molecule has 6 aromatic rings. The molecular weight excluding hydrogens is 485 g/mol. The van der Waals surface area contributed by atoms with Gasteiger partial charge in [-0.1, -0.05) is 6.07 Å². The Hall–Kier alpha value is -5.37. The maximum atomic E-state index is 15.4. The fraction of sp³-hybridized carbons (Fsp3) is 0.111. The second-order valence-electron chi connectivity index (χ2n) is 8.67. The van der Waals surface area contributed by atoms with Gasteiger partial charge in [-0.3, -0.25) is 0 Å². The van der Waals surface area contributed by atoms with Crippen molar-refractivity contribution in [3.05, 3.63) is 66.3 Å². The Kier molecular flexibility index (Phi) is 5.24. The van der Waals surface area contributed by atoms with Crippen LogP contribution in [0.3, 0.4) is 0 Å². The third kappa shape index (κ3) is 3.58. The minimum absolute atomic E-state index is 0.00909. The van der Waals surface area contributed by atoms with E-state index in [9.17, 15) is 0 Å². The van der Waals surface area contributed by atoms with Gasteiger partial charge in [-0.15, -0.1) is 6.42 Å². The van der Waals surface area contributed by atoms with E-state index in [0.29, 0.717) is 44.7 Å². The van der Waals surface area contributed by atoms with Crippen molar-refractivity contribution in [1.29, 1.82) is 0 Å². The van der Waals surface area contributed by atoms with Gasteiger partial charge >= 0.3 is 6.01 Å². The lowest BCUT2D eigenvalue weighted by atomic mass is 10.0. The first-order valence-corrected chi connectivity index (χ1v) is 11.5. The van der Waals surface area contributed by atoms with Crippen LogP contribution in [0.2, 0.25) is 0 Å². The molecule has 0 amide bonds. The third-order valence-corrected chi connectivity index (χ3v) is 6.31. The number of hydrogen-bond donors (Lipinski definition) is 1. The summed E-state index contributed by atoms with van der Waals surface area (Å²) in [5, 5.41) is 0.593. The highest BCUT2D eigenvalue weighted by molar-refractivity contribution is 6.08. The highest BCUT2D eigenvalue weighted by atomic mass is 19.1. The maximum Gasteiger partial charge on any atom is 0.322 e. The van der Waals surface area contributed by atoms with E-state index in [1.54, 1.807) is 31.5 Å². The zero-order valence-electron chi connectivity index (χ0n) is 20.6. The monoisotopic (exact) mass is 505 g/mol. The molecule has 5 heterocycles. The van der Waals surface area contributed by atoms with Gasteiger partial charge in [-0.25, -0.2) is 34.3 Å². The van der Waals surface area contributed by atoms with Gasteiger partial charge < -0.3 is 19.6 Å². The molecule has 0 aliphatic rings. The summed E-state index contributed by atoms with van der Waals surface area (Å²) in [7, 11) is 3.74. The third-order valence-electron chi connectivity index (χ3n) is 6.31. The first-order chi connectivity index (χ1) is 18.4. The fourth-order valence-corrected chi connectivity index (χ4v) is 4.56. The van der Waals surface area contributed by atoms with Crippen LogP contribution in [0.25, 0.3) is 44.7 Å². The molecule has 0 saturated carbocycles. The summed E-state index contributed by atoms with van der Waals surface area (Å²) >= 11 is 0. The number of nitrogen functional groups attached to an aromatic ring is 1. The average molecular weight is 506 g/mol. The van der Waals surface area contributed by atoms with Gasteiger partial charge in [0.25, 0.3) is 0 Å². The second kappa shape index (κ2) is 8.63. The van der Waals surface area contributed by atoms with Gasteiger partial charge in [0.1, 0.15) is 29.0 Å². The lowest BCUT2D eigenvalue weighted by Gasteiger charge is -2.11. The predicted molar refractivity (Wildman–Crippen MR) is 141 cm³/mol. The number of aromatic nitrogens is 8. The first kappa shape index (κ1) is 23.1. The molecule has 11 heteroatoms. The predicted octanol–water partition coefficient (Wildman–Crippen LogP) is 4.18. The van der Waals surface area contributed by atoms with E-state index in [4.69, 9.17) is 16.9 Å². The summed E-state index contributed by atoms with van der Waals surface area (Å²) in [6.07, 6.45) is 10.0. The quantitative estimate of drug-likeness (QED) is 0.354. The highest BCUT2D eigenvalue weighted by Crippen LogP contribution is 2.43. The minimum Gasteiger partial charge on any atom is -0.421 e. The number of ether oxygens (including phenoxy) is 1. The number of hydrogen-bond acceptors (Lipinski definition) is 8. The summed E-state index contributed by atoms with van der Waals surface area (Å²) in [5.41, 5.74) is 12.0. The van der Waals surface area contributed by atoms with E-state index in [1.165, 1.54) is 18.5 Å². The molecule has 1 aromatic carbocycles. The second-order valence-corrected chi connectivity index (χ2v) is 8.67.